The zero-order valence-corrected chi connectivity index (χ0v) is 22.8. The predicted octanol–water partition coefficient (Wildman–Crippen LogP) is 4.30. The van der Waals surface area contributed by atoms with Gasteiger partial charge in [-0.25, -0.2) is 4.79 Å². The molecule has 36 heavy (non-hydrogen) atoms. The Morgan fingerprint density at radius 1 is 1.25 bits per heavy atom. The molecule has 3 rings (SSSR count). The number of hydrogen-bond acceptors (Lipinski definition) is 5. The van der Waals surface area contributed by atoms with Crippen molar-refractivity contribution in [2.75, 3.05) is 40.4 Å². The Kier molecular flexibility index (Phi) is 11.8. The Morgan fingerprint density at radius 3 is 2.72 bits per heavy atom. The number of carbonyl (C=O) groups excluding carboxylic acids is 1. The van der Waals surface area contributed by atoms with E-state index in [0.29, 0.717) is 43.6 Å². The van der Waals surface area contributed by atoms with Gasteiger partial charge in [0, 0.05) is 50.3 Å². The average molecular weight is 524 g/mol. The molecule has 1 aromatic carbocycles. The number of rotatable bonds is 12. The molecule has 4 N–H and O–H groups in total. The summed E-state index contributed by atoms with van der Waals surface area (Å²) in [5.41, 5.74) is -0.225. The second kappa shape index (κ2) is 14.5. The van der Waals surface area contributed by atoms with Gasteiger partial charge in [-0.05, 0) is 94.9 Å². The quantitative estimate of drug-likeness (QED) is 0.306. The van der Waals surface area contributed by atoms with E-state index >= 15 is 0 Å². The van der Waals surface area contributed by atoms with E-state index in [1.807, 2.05) is 36.2 Å². The van der Waals surface area contributed by atoms with Crippen LogP contribution in [-0.4, -0.2) is 73.7 Å². The van der Waals surface area contributed by atoms with Gasteiger partial charge in [-0.1, -0.05) is 23.7 Å². The fourth-order valence-corrected chi connectivity index (χ4v) is 6.21. The van der Waals surface area contributed by atoms with E-state index in [9.17, 15) is 15.0 Å². The number of urea groups is 1. The lowest BCUT2D eigenvalue weighted by atomic mass is 9.74. The summed E-state index contributed by atoms with van der Waals surface area (Å²) in [5, 5.41) is 29.0. The van der Waals surface area contributed by atoms with Crippen LogP contribution in [0.5, 0.6) is 0 Å². The number of methoxy groups -OCH3 is 1. The molecule has 1 aliphatic carbocycles. The van der Waals surface area contributed by atoms with Crippen molar-refractivity contribution in [3.63, 3.8) is 0 Å². The monoisotopic (exact) mass is 523 g/mol. The first-order chi connectivity index (χ1) is 17.4. The third-order valence-electron chi connectivity index (χ3n) is 8.08. The SMILES string of the molecule is CNCC(CC1CCC(O)CC1)NC(=O)N1CCC[C@@H]([C@@](O)(CCCCOC)c2cccc(Cl)c2)C1. The lowest BCUT2D eigenvalue weighted by Gasteiger charge is -2.43. The molecular formula is C28H46ClN3O4. The number of hydrogen-bond donors (Lipinski definition) is 4. The minimum atomic E-state index is -1.05. The number of halogens is 1. The maximum Gasteiger partial charge on any atom is 0.317 e. The van der Waals surface area contributed by atoms with Crippen molar-refractivity contribution < 1.29 is 19.7 Å². The Bertz CT molecular complexity index is 805. The van der Waals surface area contributed by atoms with E-state index < -0.39 is 5.60 Å². The number of aliphatic hydroxyl groups excluding tert-OH is 1. The van der Waals surface area contributed by atoms with Crippen molar-refractivity contribution in [1.82, 2.24) is 15.5 Å². The number of likely N-dealkylation sites (N-methyl/N-ethyl adjacent to an activating group) is 1. The number of benzene rings is 1. The molecule has 0 radical (unpaired) electrons. The predicted molar refractivity (Wildman–Crippen MR) is 144 cm³/mol. The number of amides is 2. The molecule has 3 atom stereocenters. The van der Waals surface area contributed by atoms with Crippen molar-refractivity contribution in [2.45, 2.75) is 82.0 Å². The summed E-state index contributed by atoms with van der Waals surface area (Å²) in [7, 11) is 3.61. The molecule has 1 aliphatic heterocycles. The van der Waals surface area contributed by atoms with Crippen LogP contribution in [0.25, 0.3) is 0 Å². The van der Waals surface area contributed by atoms with Gasteiger partial charge in [0.05, 0.1) is 11.7 Å². The number of carbonyl (C=O) groups is 1. The fourth-order valence-electron chi connectivity index (χ4n) is 6.02. The first-order valence-corrected chi connectivity index (χ1v) is 14.1. The first-order valence-electron chi connectivity index (χ1n) is 13.7. The summed E-state index contributed by atoms with van der Waals surface area (Å²) in [6.07, 6.45) is 8.51. The van der Waals surface area contributed by atoms with Crippen LogP contribution in [0.3, 0.4) is 0 Å². The minimum Gasteiger partial charge on any atom is -0.393 e. The van der Waals surface area contributed by atoms with Gasteiger partial charge in [0.1, 0.15) is 0 Å². The van der Waals surface area contributed by atoms with E-state index in [0.717, 1.165) is 63.4 Å². The van der Waals surface area contributed by atoms with Crippen molar-refractivity contribution in [3.05, 3.63) is 34.9 Å². The normalized spacial score (nSPS) is 25.2. The van der Waals surface area contributed by atoms with Crippen molar-refractivity contribution in [1.29, 1.82) is 0 Å². The van der Waals surface area contributed by atoms with Gasteiger partial charge in [0.25, 0.3) is 0 Å². The van der Waals surface area contributed by atoms with E-state index in [2.05, 4.69) is 10.6 Å². The molecule has 0 spiro atoms. The number of likely N-dealkylation sites (tertiary alicyclic amines) is 1. The molecule has 1 unspecified atom stereocenters. The van der Waals surface area contributed by atoms with Crippen LogP contribution >= 0.6 is 11.6 Å². The number of nitrogens with zero attached hydrogens (tertiary/aromatic N) is 1. The van der Waals surface area contributed by atoms with Crippen LogP contribution in [0.1, 0.15) is 69.8 Å². The summed E-state index contributed by atoms with van der Waals surface area (Å²) in [4.78, 5) is 15.2. The molecule has 8 heteroatoms. The molecule has 204 valence electrons. The highest BCUT2D eigenvalue weighted by atomic mass is 35.5. The summed E-state index contributed by atoms with van der Waals surface area (Å²) in [6, 6.07) is 7.52. The highest BCUT2D eigenvalue weighted by molar-refractivity contribution is 6.30. The molecule has 1 saturated carbocycles. The van der Waals surface area contributed by atoms with Crippen molar-refractivity contribution in [3.8, 4) is 0 Å². The van der Waals surface area contributed by atoms with Crippen LogP contribution < -0.4 is 10.6 Å². The highest BCUT2D eigenvalue weighted by Gasteiger charge is 2.41. The number of nitrogens with one attached hydrogen (secondary N) is 2. The van der Waals surface area contributed by atoms with Gasteiger partial charge in [-0.2, -0.15) is 0 Å². The Morgan fingerprint density at radius 2 is 2.03 bits per heavy atom. The van der Waals surface area contributed by atoms with Gasteiger partial charge in [-0.3, -0.25) is 0 Å². The second-order valence-corrected chi connectivity index (χ2v) is 11.2. The smallest absolute Gasteiger partial charge is 0.317 e. The van der Waals surface area contributed by atoms with Crippen LogP contribution in [0, 0.1) is 11.8 Å². The topological polar surface area (TPSA) is 94.1 Å². The standard InChI is InChI=1S/C28H46ClN3O4/c1-30-19-25(17-21-10-12-26(33)13-11-21)31-27(34)32-15-6-8-23(20-32)28(35,14-3-4-16-36-2)22-7-5-9-24(29)18-22/h5,7,9,18,21,23,25-26,30,33,35H,3-4,6,8,10-17,19-20H2,1-2H3,(H,31,34)/t21?,23-,25?,26?,28-/m1/s1. The van der Waals surface area contributed by atoms with Gasteiger partial charge in [-0.15, -0.1) is 0 Å². The van der Waals surface area contributed by atoms with Gasteiger partial charge in [0.15, 0.2) is 0 Å². The Hall–Kier alpha value is -1.38. The Balaban J connectivity index is 1.66. The number of ether oxygens (including phenoxy) is 1. The van der Waals surface area contributed by atoms with Crippen molar-refractivity contribution in [2.24, 2.45) is 11.8 Å². The van der Waals surface area contributed by atoms with E-state index in [1.54, 1.807) is 7.11 Å². The maximum atomic E-state index is 13.4. The molecule has 7 nitrogen and oxygen atoms in total. The zero-order chi connectivity index (χ0) is 26.0. The molecule has 0 bridgehead atoms. The van der Waals surface area contributed by atoms with Crippen LogP contribution in [0.2, 0.25) is 5.02 Å². The third kappa shape index (κ3) is 8.32. The summed E-state index contributed by atoms with van der Waals surface area (Å²) in [5.74, 6) is 0.460. The summed E-state index contributed by atoms with van der Waals surface area (Å²) >= 11 is 6.30. The summed E-state index contributed by atoms with van der Waals surface area (Å²) in [6.45, 7) is 2.59. The number of piperidine rings is 1. The summed E-state index contributed by atoms with van der Waals surface area (Å²) < 4.78 is 5.21. The molecule has 2 aliphatic rings. The second-order valence-electron chi connectivity index (χ2n) is 10.8. The molecule has 0 aromatic heterocycles. The third-order valence-corrected chi connectivity index (χ3v) is 8.31. The van der Waals surface area contributed by atoms with Crippen molar-refractivity contribution >= 4 is 17.6 Å². The van der Waals surface area contributed by atoms with E-state index in [-0.39, 0.29) is 24.1 Å². The fraction of sp³-hybridized carbons (Fsp3) is 0.750. The molecule has 2 fully saturated rings. The first kappa shape index (κ1) is 29.2. The molecule has 1 aromatic rings. The minimum absolute atomic E-state index is 0.0453. The number of unbranched alkanes of at least 4 members (excludes halogenated alkanes) is 1. The highest BCUT2D eigenvalue weighted by Crippen LogP contribution is 2.40. The lowest BCUT2D eigenvalue weighted by Crippen LogP contribution is -2.54. The molecular weight excluding hydrogens is 478 g/mol. The van der Waals surface area contributed by atoms with Gasteiger partial charge < -0.3 is 30.5 Å². The van der Waals surface area contributed by atoms with Crippen LogP contribution in [0.15, 0.2) is 24.3 Å². The number of aliphatic hydroxyl groups is 2. The van der Waals surface area contributed by atoms with Crippen LogP contribution in [0.4, 0.5) is 4.79 Å². The lowest BCUT2D eigenvalue weighted by molar-refractivity contribution is -0.0564. The average Bonchev–Trinajstić information content (AvgIpc) is 2.88. The van der Waals surface area contributed by atoms with E-state index in [1.165, 1.54) is 0 Å². The maximum absolute atomic E-state index is 13.4. The van der Waals surface area contributed by atoms with Gasteiger partial charge >= 0.3 is 6.03 Å². The van der Waals surface area contributed by atoms with E-state index in [4.69, 9.17) is 16.3 Å². The Labute approximate surface area is 221 Å². The molecule has 2 amide bonds. The van der Waals surface area contributed by atoms with Crippen LogP contribution in [-0.2, 0) is 10.3 Å². The van der Waals surface area contributed by atoms with Gasteiger partial charge in [0.2, 0.25) is 0 Å². The molecule has 1 saturated heterocycles. The zero-order valence-electron chi connectivity index (χ0n) is 22.1. The largest absolute Gasteiger partial charge is 0.393 e. The molecule has 1 heterocycles.